The van der Waals surface area contributed by atoms with E-state index in [2.05, 4.69) is 0 Å². The summed E-state index contributed by atoms with van der Waals surface area (Å²) in [4.78, 5) is 11.8. The van der Waals surface area contributed by atoms with Crippen LogP contribution in [0.5, 0.6) is 0 Å². The van der Waals surface area contributed by atoms with Gasteiger partial charge in [0.05, 0.1) is 17.0 Å². The molecule has 3 saturated carbocycles. The molecule has 0 aromatic carbocycles. The average Bonchev–Trinajstić information content (AvgIpc) is 2.62. The summed E-state index contributed by atoms with van der Waals surface area (Å²) in [5, 5.41) is 0. The Balaban J connectivity index is 1.89. The quantitative estimate of drug-likeness (QED) is 0.435. The monoisotopic (exact) mass is 323 g/mol. The van der Waals surface area contributed by atoms with E-state index in [1.807, 2.05) is 0 Å². The summed E-state index contributed by atoms with van der Waals surface area (Å²) in [6.07, 6.45) is 24.2. The number of hydrogen-bond acceptors (Lipinski definition) is 1. The zero-order valence-electron chi connectivity index (χ0n) is 14.5. The Kier molecular flexibility index (Phi) is 6.37. The highest BCUT2D eigenvalue weighted by atomic mass is 31.2. The fourth-order valence-corrected chi connectivity index (χ4v) is 13.1. The van der Waals surface area contributed by atoms with Crippen molar-refractivity contribution in [3.05, 3.63) is 0 Å². The van der Waals surface area contributed by atoms with Gasteiger partial charge in [-0.15, -0.1) is 0 Å². The SMILES string of the molecule is O=CC[P+](C1CCCCC1)(C1CCCCC1)C1CCCCC1. The summed E-state index contributed by atoms with van der Waals surface area (Å²) in [6, 6.07) is 0. The minimum Gasteiger partial charge on any atom is -0.299 e. The van der Waals surface area contributed by atoms with E-state index in [-0.39, 0.29) is 0 Å². The third kappa shape index (κ3) is 3.45. The predicted octanol–water partition coefficient (Wildman–Crippen LogP) is 6.20. The Morgan fingerprint density at radius 1 is 0.591 bits per heavy atom. The molecule has 0 atom stereocenters. The fraction of sp³-hybridized carbons (Fsp3) is 0.950. The van der Waals surface area contributed by atoms with Crippen LogP contribution in [0.3, 0.4) is 0 Å². The Morgan fingerprint density at radius 3 is 1.18 bits per heavy atom. The molecule has 0 saturated heterocycles. The summed E-state index contributed by atoms with van der Waals surface area (Å²) >= 11 is 0. The number of hydrogen-bond donors (Lipinski definition) is 0. The molecular formula is C20H36OP+. The minimum absolute atomic E-state index is 0.970. The summed E-state index contributed by atoms with van der Waals surface area (Å²) in [7, 11) is -1.09. The van der Waals surface area contributed by atoms with E-state index in [4.69, 9.17) is 0 Å². The molecule has 2 heteroatoms. The van der Waals surface area contributed by atoms with Crippen molar-refractivity contribution in [3.8, 4) is 0 Å². The molecule has 22 heavy (non-hydrogen) atoms. The van der Waals surface area contributed by atoms with Gasteiger partial charge in [-0.1, -0.05) is 19.3 Å². The average molecular weight is 323 g/mol. The number of aldehydes is 1. The van der Waals surface area contributed by atoms with Gasteiger partial charge in [0, 0.05) is 7.26 Å². The van der Waals surface area contributed by atoms with E-state index in [1.165, 1.54) is 103 Å². The maximum absolute atomic E-state index is 11.8. The Bertz CT molecular complexity index is 290. The van der Waals surface area contributed by atoms with E-state index in [0.29, 0.717) is 0 Å². The molecule has 0 aliphatic heterocycles. The van der Waals surface area contributed by atoms with E-state index >= 15 is 0 Å². The summed E-state index contributed by atoms with van der Waals surface area (Å²) in [5.74, 6) is 0. The third-order valence-corrected chi connectivity index (χ3v) is 13.6. The van der Waals surface area contributed by atoms with Gasteiger partial charge in [-0.3, -0.25) is 4.79 Å². The molecule has 0 unspecified atom stereocenters. The molecule has 0 bridgehead atoms. The van der Waals surface area contributed by atoms with Gasteiger partial charge in [0.1, 0.15) is 6.16 Å². The molecule has 0 heterocycles. The number of rotatable bonds is 5. The van der Waals surface area contributed by atoms with Gasteiger partial charge in [-0.2, -0.15) is 0 Å². The molecule has 3 aliphatic carbocycles. The molecule has 0 N–H and O–H groups in total. The number of carbonyl (C=O) groups is 1. The van der Waals surface area contributed by atoms with Gasteiger partial charge < -0.3 is 0 Å². The van der Waals surface area contributed by atoms with Crippen LogP contribution in [-0.4, -0.2) is 29.4 Å². The van der Waals surface area contributed by atoms with Crippen molar-refractivity contribution in [2.75, 3.05) is 6.16 Å². The van der Waals surface area contributed by atoms with E-state index < -0.39 is 7.26 Å². The van der Waals surface area contributed by atoms with Crippen molar-refractivity contribution < 1.29 is 4.79 Å². The molecular weight excluding hydrogens is 287 g/mol. The first kappa shape index (κ1) is 16.9. The van der Waals surface area contributed by atoms with Crippen molar-refractivity contribution in [1.82, 2.24) is 0 Å². The summed E-state index contributed by atoms with van der Waals surface area (Å²) in [6.45, 7) is 0. The second-order valence-corrected chi connectivity index (χ2v) is 12.8. The molecule has 0 aromatic heterocycles. The van der Waals surface area contributed by atoms with Crippen LogP contribution in [0, 0.1) is 0 Å². The fourth-order valence-electron chi connectivity index (χ4n) is 6.16. The van der Waals surface area contributed by atoms with Gasteiger partial charge in [0.15, 0.2) is 6.29 Å². The van der Waals surface area contributed by atoms with Gasteiger partial charge in [-0.25, -0.2) is 0 Å². The molecule has 3 fully saturated rings. The molecule has 1 nitrogen and oxygen atoms in total. The third-order valence-electron chi connectivity index (χ3n) is 7.15. The normalized spacial score (nSPS) is 26.9. The molecule has 3 aliphatic rings. The van der Waals surface area contributed by atoms with Crippen molar-refractivity contribution in [3.63, 3.8) is 0 Å². The zero-order chi connectivity index (χ0) is 15.3. The second kappa shape index (κ2) is 8.27. The van der Waals surface area contributed by atoms with Crippen molar-refractivity contribution in [2.45, 2.75) is 113 Å². The van der Waals surface area contributed by atoms with Crippen LogP contribution in [0.2, 0.25) is 0 Å². The molecule has 0 aromatic rings. The van der Waals surface area contributed by atoms with Crippen LogP contribution < -0.4 is 0 Å². The highest BCUT2D eigenvalue weighted by molar-refractivity contribution is 7.78. The lowest BCUT2D eigenvalue weighted by atomic mass is 9.99. The Hall–Kier alpha value is 0.100. The molecule has 3 rings (SSSR count). The van der Waals surface area contributed by atoms with Crippen molar-refractivity contribution >= 4 is 13.5 Å². The first-order chi connectivity index (χ1) is 10.9. The predicted molar refractivity (Wildman–Crippen MR) is 98.5 cm³/mol. The summed E-state index contributed by atoms with van der Waals surface area (Å²) in [5.41, 5.74) is 2.91. The van der Waals surface area contributed by atoms with Gasteiger partial charge in [0.2, 0.25) is 0 Å². The molecule has 126 valence electrons. The van der Waals surface area contributed by atoms with Gasteiger partial charge in [-0.05, 0) is 77.0 Å². The molecule has 0 amide bonds. The van der Waals surface area contributed by atoms with E-state index in [1.54, 1.807) is 0 Å². The van der Waals surface area contributed by atoms with Crippen LogP contribution in [0.1, 0.15) is 96.3 Å². The minimum atomic E-state index is -1.09. The first-order valence-corrected chi connectivity index (χ1v) is 12.4. The highest BCUT2D eigenvalue weighted by Crippen LogP contribution is 2.76. The van der Waals surface area contributed by atoms with Crippen LogP contribution in [-0.2, 0) is 4.79 Å². The first-order valence-electron chi connectivity index (χ1n) is 10.2. The van der Waals surface area contributed by atoms with Crippen LogP contribution >= 0.6 is 7.26 Å². The molecule has 0 spiro atoms. The van der Waals surface area contributed by atoms with Crippen LogP contribution in [0.25, 0.3) is 0 Å². The Labute approximate surface area is 138 Å². The topological polar surface area (TPSA) is 17.1 Å². The largest absolute Gasteiger partial charge is 0.299 e. The van der Waals surface area contributed by atoms with Crippen molar-refractivity contribution in [2.24, 2.45) is 0 Å². The molecule has 0 radical (unpaired) electrons. The van der Waals surface area contributed by atoms with Crippen molar-refractivity contribution in [1.29, 1.82) is 0 Å². The zero-order valence-corrected chi connectivity index (χ0v) is 15.4. The van der Waals surface area contributed by atoms with Crippen LogP contribution in [0.4, 0.5) is 0 Å². The van der Waals surface area contributed by atoms with Gasteiger partial charge >= 0.3 is 0 Å². The lowest BCUT2D eigenvalue weighted by Crippen LogP contribution is -2.38. The van der Waals surface area contributed by atoms with Crippen LogP contribution in [0.15, 0.2) is 0 Å². The standard InChI is InChI=1S/C20H36OP/c21-16-17-22(18-10-4-1-5-11-18,19-12-6-2-7-13-19)20-14-8-3-9-15-20/h16,18-20H,1-15,17H2/q+1. The number of carbonyl (C=O) groups excluding carboxylic acids is 1. The second-order valence-electron chi connectivity index (χ2n) is 8.22. The Morgan fingerprint density at radius 2 is 0.909 bits per heavy atom. The lowest BCUT2D eigenvalue weighted by molar-refractivity contribution is -0.105. The van der Waals surface area contributed by atoms with Gasteiger partial charge in [0.25, 0.3) is 0 Å². The maximum atomic E-state index is 11.8. The highest BCUT2D eigenvalue weighted by Gasteiger charge is 2.56. The summed E-state index contributed by atoms with van der Waals surface area (Å²) < 4.78 is 0. The smallest absolute Gasteiger partial charge is 0.157 e. The maximum Gasteiger partial charge on any atom is 0.157 e. The lowest BCUT2D eigenvalue weighted by Gasteiger charge is -2.48. The van der Waals surface area contributed by atoms with E-state index in [9.17, 15) is 4.79 Å². The van der Waals surface area contributed by atoms with E-state index in [0.717, 1.165) is 23.1 Å².